The lowest BCUT2D eigenvalue weighted by Crippen LogP contribution is -2.11. The normalized spacial score (nSPS) is 12.8. The van der Waals surface area contributed by atoms with Gasteiger partial charge in [-0.15, -0.1) is 0 Å². The molecule has 0 aliphatic carbocycles. The molecule has 2 N–H and O–H groups in total. The van der Waals surface area contributed by atoms with Crippen molar-refractivity contribution in [1.29, 1.82) is 0 Å². The first kappa shape index (κ1) is 12.8. The lowest BCUT2D eigenvalue weighted by molar-refractivity contribution is 0.870. The molecule has 0 bridgehead atoms. The number of hydrogen-bond acceptors (Lipinski definition) is 2. The molecule has 0 aliphatic rings. The highest BCUT2D eigenvalue weighted by Crippen LogP contribution is 2.32. The molecular formula is C11H8Br3NS. The average Bonchev–Trinajstić information content (AvgIpc) is 2.62. The summed E-state index contributed by atoms with van der Waals surface area (Å²) in [5.41, 5.74) is 8.44. The van der Waals surface area contributed by atoms with Gasteiger partial charge >= 0.3 is 0 Å². The molecular weight excluding hydrogens is 418 g/mol. The van der Waals surface area contributed by atoms with Crippen LogP contribution in [-0.2, 0) is 0 Å². The van der Waals surface area contributed by atoms with Crippen molar-refractivity contribution in [3.8, 4) is 0 Å². The molecule has 1 unspecified atom stereocenters. The van der Waals surface area contributed by atoms with Gasteiger partial charge in [0.15, 0.2) is 0 Å². The molecule has 0 saturated heterocycles. The van der Waals surface area contributed by atoms with Crippen LogP contribution in [0.2, 0.25) is 0 Å². The first-order valence-electron chi connectivity index (χ1n) is 4.51. The molecule has 5 heteroatoms. The number of halogens is 3. The summed E-state index contributed by atoms with van der Waals surface area (Å²) in [6, 6.07) is 5.98. The largest absolute Gasteiger partial charge is 0.320 e. The predicted octanol–water partition coefficient (Wildman–Crippen LogP) is 5.08. The summed E-state index contributed by atoms with van der Waals surface area (Å²) in [6.07, 6.45) is 0. The molecule has 1 nitrogen and oxygen atoms in total. The van der Waals surface area contributed by atoms with E-state index in [9.17, 15) is 0 Å². The molecule has 0 amide bonds. The minimum atomic E-state index is -0.102. The highest BCUT2D eigenvalue weighted by Gasteiger charge is 2.13. The standard InChI is InChI=1S/C11H8Br3NS/c12-7-1-6(2-8(13)3-7)11(15)9-4-16-5-10(9)14/h1-5,11H,15H2. The van der Waals surface area contributed by atoms with Crippen LogP contribution in [-0.4, -0.2) is 0 Å². The Morgan fingerprint density at radius 3 is 2.12 bits per heavy atom. The summed E-state index contributed by atoms with van der Waals surface area (Å²) in [4.78, 5) is 0. The number of benzene rings is 1. The van der Waals surface area contributed by atoms with Gasteiger partial charge in [0.1, 0.15) is 0 Å². The second-order valence-corrected chi connectivity index (χ2v) is 6.78. The van der Waals surface area contributed by atoms with E-state index in [1.807, 2.05) is 23.6 Å². The maximum absolute atomic E-state index is 6.23. The number of nitrogens with two attached hydrogens (primary N) is 1. The zero-order chi connectivity index (χ0) is 11.7. The number of thiophene rings is 1. The summed E-state index contributed by atoms with van der Waals surface area (Å²) in [5, 5.41) is 4.12. The van der Waals surface area contributed by atoms with Crippen LogP contribution < -0.4 is 5.73 Å². The van der Waals surface area contributed by atoms with Crippen LogP contribution in [0.5, 0.6) is 0 Å². The van der Waals surface area contributed by atoms with Crippen molar-refractivity contribution in [3.63, 3.8) is 0 Å². The smallest absolute Gasteiger partial charge is 0.0571 e. The van der Waals surface area contributed by atoms with Gasteiger partial charge in [-0.3, -0.25) is 0 Å². The predicted molar refractivity (Wildman–Crippen MR) is 79.9 cm³/mol. The summed E-state index contributed by atoms with van der Waals surface area (Å²) < 4.78 is 3.12. The molecule has 1 atom stereocenters. The van der Waals surface area contributed by atoms with Gasteiger partial charge in [0.2, 0.25) is 0 Å². The van der Waals surface area contributed by atoms with Crippen molar-refractivity contribution in [2.75, 3.05) is 0 Å². The molecule has 2 aromatic rings. The zero-order valence-corrected chi connectivity index (χ0v) is 13.7. The Bertz CT molecular complexity index is 489. The average molecular weight is 426 g/mol. The van der Waals surface area contributed by atoms with Crippen molar-refractivity contribution in [3.05, 3.63) is 53.5 Å². The fraction of sp³-hybridized carbons (Fsp3) is 0.0909. The fourth-order valence-electron chi connectivity index (χ4n) is 1.45. The van der Waals surface area contributed by atoms with Crippen LogP contribution in [0, 0.1) is 0 Å². The molecule has 0 fully saturated rings. The molecule has 0 aliphatic heterocycles. The van der Waals surface area contributed by atoms with Gasteiger partial charge in [0.25, 0.3) is 0 Å². The van der Waals surface area contributed by atoms with Crippen molar-refractivity contribution < 1.29 is 0 Å². The third kappa shape index (κ3) is 2.76. The minimum Gasteiger partial charge on any atom is -0.320 e. The lowest BCUT2D eigenvalue weighted by Gasteiger charge is -2.12. The van der Waals surface area contributed by atoms with E-state index in [0.717, 1.165) is 24.5 Å². The SMILES string of the molecule is NC(c1cc(Br)cc(Br)c1)c1cscc1Br. The van der Waals surface area contributed by atoms with Crippen molar-refractivity contribution >= 4 is 59.1 Å². The highest BCUT2D eigenvalue weighted by molar-refractivity contribution is 9.11. The van der Waals surface area contributed by atoms with E-state index in [4.69, 9.17) is 5.73 Å². The Morgan fingerprint density at radius 2 is 1.62 bits per heavy atom. The Hall–Kier alpha value is 0.320. The molecule has 0 radical (unpaired) electrons. The van der Waals surface area contributed by atoms with Crippen LogP contribution in [0.3, 0.4) is 0 Å². The second kappa shape index (κ2) is 5.31. The summed E-state index contributed by atoms with van der Waals surface area (Å²) in [6.45, 7) is 0. The second-order valence-electron chi connectivity index (χ2n) is 3.36. The van der Waals surface area contributed by atoms with E-state index >= 15 is 0 Å². The van der Waals surface area contributed by atoms with E-state index in [1.165, 1.54) is 0 Å². The van der Waals surface area contributed by atoms with E-state index in [0.29, 0.717) is 0 Å². The van der Waals surface area contributed by atoms with Crippen molar-refractivity contribution in [2.45, 2.75) is 6.04 Å². The molecule has 0 saturated carbocycles. The van der Waals surface area contributed by atoms with E-state index in [-0.39, 0.29) is 6.04 Å². The Kier molecular flexibility index (Phi) is 4.24. The molecule has 1 aromatic carbocycles. The molecule has 16 heavy (non-hydrogen) atoms. The van der Waals surface area contributed by atoms with Gasteiger partial charge in [0, 0.05) is 18.8 Å². The van der Waals surface area contributed by atoms with Gasteiger partial charge < -0.3 is 5.73 Å². The monoisotopic (exact) mass is 423 g/mol. The number of hydrogen-bond donors (Lipinski definition) is 1. The summed E-state index contributed by atoms with van der Waals surface area (Å²) in [7, 11) is 0. The first-order valence-corrected chi connectivity index (χ1v) is 7.83. The third-order valence-electron chi connectivity index (χ3n) is 2.22. The van der Waals surface area contributed by atoms with Gasteiger partial charge in [0.05, 0.1) is 6.04 Å². The lowest BCUT2D eigenvalue weighted by atomic mass is 10.0. The van der Waals surface area contributed by atoms with Gasteiger partial charge in [-0.05, 0) is 50.6 Å². The maximum atomic E-state index is 6.23. The molecule has 1 aromatic heterocycles. The van der Waals surface area contributed by atoms with Gasteiger partial charge in [-0.2, -0.15) is 11.3 Å². The summed E-state index contributed by atoms with van der Waals surface area (Å²) >= 11 is 12.1. The molecule has 0 spiro atoms. The van der Waals surface area contributed by atoms with Crippen LogP contribution >= 0.6 is 59.1 Å². The van der Waals surface area contributed by atoms with Crippen LogP contribution in [0.1, 0.15) is 17.2 Å². The molecule has 1 heterocycles. The Balaban J connectivity index is 2.41. The molecule has 2 rings (SSSR count). The fourth-order valence-corrected chi connectivity index (χ4v) is 4.36. The highest BCUT2D eigenvalue weighted by atomic mass is 79.9. The Morgan fingerprint density at radius 1 is 1.00 bits per heavy atom. The van der Waals surface area contributed by atoms with Crippen LogP contribution in [0.15, 0.2) is 42.4 Å². The van der Waals surface area contributed by atoms with Gasteiger partial charge in [-0.25, -0.2) is 0 Å². The zero-order valence-electron chi connectivity index (χ0n) is 8.08. The van der Waals surface area contributed by atoms with Crippen LogP contribution in [0.4, 0.5) is 0 Å². The first-order chi connectivity index (χ1) is 7.58. The Labute approximate surface area is 123 Å². The number of rotatable bonds is 2. The van der Waals surface area contributed by atoms with E-state index in [1.54, 1.807) is 11.3 Å². The third-order valence-corrected chi connectivity index (χ3v) is 4.89. The van der Waals surface area contributed by atoms with Gasteiger partial charge in [-0.1, -0.05) is 31.9 Å². The molecule has 84 valence electrons. The van der Waals surface area contributed by atoms with E-state index < -0.39 is 0 Å². The van der Waals surface area contributed by atoms with E-state index in [2.05, 4.69) is 53.2 Å². The maximum Gasteiger partial charge on any atom is 0.0571 e. The quantitative estimate of drug-likeness (QED) is 0.713. The van der Waals surface area contributed by atoms with Crippen molar-refractivity contribution in [1.82, 2.24) is 0 Å². The van der Waals surface area contributed by atoms with Crippen LogP contribution in [0.25, 0.3) is 0 Å². The summed E-state index contributed by atoms with van der Waals surface area (Å²) in [5.74, 6) is 0. The minimum absolute atomic E-state index is 0.102. The van der Waals surface area contributed by atoms with Crippen molar-refractivity contribution in [2.24, 2.45) is 5.73 Å². The topological polar surface area (TPSA) is 26.0 Å².